The van der Waals surface area contributed by atoms with Crippen LogP contribution in [-0.2, 0) is 13.6 Å². The fourth-order valence-corrected chi connectivity index (χ4v) is 1.75. The molecule has 0 aromatic heterocycles. The standard InChI is InChI=1S/C10H13O3P/c1-5-7-12-14(11,8-6-2)13-9-10(3)4/h1-2H,3,7-9H2,4H3. The van der Waals surface area contributed by atoms with E-state index in [1.165, 1.54) is 0 Å². The van der Waals surface area contributed by atoms with Crippen LogP contribution in [0.1, 0.15) is 6.92 Å². The summed E-state index contributed by atoms with van der Waals surface area (Å²) in [7, 11) is -3.23. The second kappa shape index (κ2) is 6.46. The molecule has 0 aromatic carbocycles. The molecule has 0 radical (unpaired) electrons. The molecule has 0 spiro atoms. The summed E-state index contributed by atoms with van der Waals surface area (Å²) in [4.78, 5) is 0. The van der Waals surface area contributed by atoms with Crippen molar-refractivity contribution in [3.63, 3.8) is 0 Å². The van der Waals surface area contributed by atoms with Gasteiger partial charge in [0.2, 0.25) is 0 Å². The molecule has 0 amide bonds. The molecule has 1 atom stereocenters. The van der Waals surface area contributed by atoms with Gasteiger partial charge in [-0.15, -0.1) is 12.8 Å². The molecule has 0 aromatic rings. The SMILES string of the molecule is C#CCOP(=O)(CC#C)OCC(=C)C. The lowest BCUT2D eigenvalue weighted by atomic mass is 10.4. The molecule has 0 aliphatic rings. The van der Waals surface area contributed by atoms with E-state index in [0.717, 1.165) is 5.57 Å². The molecule has 1 unspecified atom stereocenters. The van der Waals surface area contributed by atoms with E-state index in [1.54, 1.807) is 6.92 Å². The zero-order valence-electron chi connectivity index (χ0n) is 8.16. The minimum Gasteiger partial charge on any atom is -0.303 e. The monoisotopic (exact) mass is 212 g/mol. The van der Waals surface area contributed by atoms with Crippen molar-refractivity contribution in [2.45, 2.75) is 6.92 Å². The first-order valence-corrected chi connectivity index (χ1v) is 5.66. The highest BCUT2D eigenvalue weighted by Crippen LogP contribution is 2.47. The van der Waals surface area contributed by atoms with Crippen LogP contribution in [0.2, 0.25) is 0 Å². The van der Waals surface area contributed by atoms with Gasteiger partial charge in [0.1, 0.15) is 12.8 Å². The fraction of sp³-hybridized carbons (Fsp3) is 0.400. The van der Waals surface area contributed by atoms with Crippen molar-refractivity contribution in [2.75, 3.05) is 19.4 Å². The van der Waals surface area contributed by atoms with Crippen LogP contribution in [0, 0.1) is 24.7 Å². The molecule has 0 N–H and O–H groups in total. The van der Waals surface area contributed by atoms with Crippen LogP contribution in [0.4, 0.5) is 0 Å². The van der Waals surface area contributed by atoms with Crippen molar-refractivity contribution in [2.24, 2.45) is 0 Å². The van der Waals surface area contributed by atoms with Crippen LogP contribution >= 0.6 is 7.60 Å². The quantitative estimate of drug-likeness (QED) is 0.384. The van der Waals surface area contributed by atoms with E-state index < -0.39 is 7.60 Å². The topological polar surface area (TPSA) is 35.5 Å². The minimum absolute atomic E-state index is 0.0743. The highest BCUT2D eigenvalue weighted by atomic mass is 31.2. The third-order valence-electron chi connectivity index (χ3n) is 1.14. The molecule has 0 rings (SSSR count). The molecule has 0 fully saturated rings. The Labute approximate surface area is 85.0 Å². The normalized spacial score (nSPS) is 13.6. The Balaban J connectivity index is 4.26. The van der Waals surface area contributed by atoms with Gasteiger partial charge in [-0.3, -0.25) is 9.09 Å². The van der Waals surface area contributed by atoms with Gasteiger partial charge in [-0.25, -0.2) is 0 Å². The van der Waals surface area contributed by atoms with Gasteiger partial charge in [-0.05, 0) is 6.92 Å². The Hall–Kier alpha value is -0.990. The van der Waals surface area contributed by atoms with Crippen molar-refractivity contribution < 1.29 is 13.6 Å². The molecule has 0 saturated heterocycles. The average Bonchev–Trinajstić information content (AvgIpc) is 2.13. The van der Waals surface area contributed by atoms with Crippen LogP contribution in [0.5, 0.6) is 0 Å². The van der Waals surface area contributed by atoms with Gasteiger partial charge in [0.25, 0.3) is 0 Å². The minimum atomic E-state index is -3.23. The van der Waals surface area contributed by atoms with Gasteiger partial charge in [0.05, 0.1) is 6.61 Å². The number of rotatable bonds is 6. The molecule has 0 saturated carbocycles. The highest BCUT2D eigenvalue weighted by molar-refractivity contribution is 7.54. The third kappa shape index (κ3) is 5.62. The van der Waals surface area contributed by atoms with Gasteiger partial charge in [0, 0.05) is 0 Å². The van der Waals surface area contributed by atoms with E-state index in [0.29, 0.717) is 0 Å². The first-order valence-electron chi connectivity index (χ1n) is 3.93. The predicted molar refractivity (Wildman–Crippen MR) is 56.9 cm³/mol. The summed E-state index contributed by atoms with van der Waals surface area (Å²) in [6, 6.07) is 0. The maximum Gasteiger partial charge on any atom is 0.343 e. The summed E-state index contributed by atoms with van der Waals surface area (Å²) in [6.07, 6.45) is 9.92. The summed E-state index contributed by atoms with van der Waals surface area (Å²) in [5.41, 5.74) is 0.742. The van der Waals surface area contributed by atoms with Gasteiger partial charge in [0.15, 0.2) is 0 Å². The summed E-state index contributed by atoms with van der Waals surface area (Å²) < 4.78 is 21.7. The lowest BCUT2D eigenvalue weighted by Gasteiger charge is -2.14. The molecular weight excluding hydrogens is 199 g/mol. The first kappa shape index (κ1) is 13.0. The molecule has 3 nitrogen and oxygen atoms in total. The van der Waals surface area contributed by atoms with Crippen LogP contribution in [0.3, 0.4) is 0 Å². The van der Waals surface area contributed by atoms with E-state index in [-0.39, 0.29) is 19.4 Å². The lowest BCUT2D eigenvalue weighted by Crippen LogP contribution is -2.01. The molecule has 76 valence electrons. The molecule has 0 aliphatic heterocycles. The van der Waals surface area contributed by atoms with Crippen molar-refractivity contribution in [3.8, 4) is 24.7 Å². The second-order valence-corrected chi connectivity index (χ2v) is 4.74. The highest BCUT2D eigenvalue weighted by Gasteiger charge is 2.22. The first-order chi connectivity index (χ1) is 6.54. The van der Waals surface area contributed by atoms with E-state index in [4.69, 9.17) is 21.9 Å². The van der Waals surface area contributed by atoms with Crippen LogP contribution < -0.4 is 0 Å². The smallest absolute Gasteiger partial charge is 0.303 e. The molecule has 0 bridgehead atoms. The predicted octanol–water partition coefficient (Wildman–Crippen LogP) is 2.06. The van der Waals surface area contributed by atoms with Crippen LogP contribution in [-0.4, -0.2) is 19.4 Å². The summed E-state index contributed by atoms with van der Waals surface area (Å²) in [6.45, 7) is 5.44. The van der Waals surface area contributed by atoms with Crippen molar-refractivity contribution in [1.82, 2.24) is 0 Å². The van der Waals surface area contributed by atoms with E-state index in [2.05, 4.69) is 18.4 Å². The maximum absolute atomic E-state index is 11.8. The molecule has 4 heteroatoms. The zero-order chi connectivity index (χ0) is 11.0. The van der Waals surface area contributed by atoms with Crippen molar-refractivity contribution >= 4 is 7.60 Å². The Bertz CT molecular complexity index is 319. The number of hydrogen-bond donors (Lipinski definition) is 0. The fourth-order valence-electron chi connectivity index (χ4n) is 0.585. The van der Waals surface area contributed by atoms with Gasteiger partial charge in [-0.1, -0.05) is 24.0 Å². The zero-order valence-corrected chi connectivity index (χ0v) is 9.05. The average molecular weight is 212 g/mol. The lowest BCUT2D eigenvalue weighted by molar-refractivity contribution is 0.239. The molecular formula is C10H13O3P. The summed E-state index contributed by atoms with van der Waals surface area (Å²) in [5.74, 6) is 4.43. The summed E-state index contributed by atoms with van der Waals surface area (Å²) in [5, 5.41) is 0. The van der Waals surface area contributed by atoms with Crippen molar-refractivity contribution in [3.05, 3.63) is 12.2 Å². The molecule has 0 heterocycles. The Morgan fingerprint density at radius 3 is 2.50 bits per heavy atom. The van der Waals surface area contributed by atoms with Gasteiger partial charge >= 0.3 is 7.60 Å². The summed E-state index contributed by atoms with van der Waals surface area (Å²) >= 11 is 0. The third-order valence-corrected chi connectivity index (χ3v) is 2.75. The Kier molecular flexibility index (Phi) is 6.00. The van der Waals surface area contributed by atoms with E-state index in [9.17, 15) is 4.57 Å². The molecule has 0 aliphatic carbocycles. The second-order valence-electron chi connectivity index (χ2n) is 2.68. The van der Waals surface area contributed by atoms with E-state index >= 15 is 0 Å². The van der Waals surface area contributed by atoms with Crippen LogP contribution in [0.15, 0.2) is 12.2 Å². The van der Waals surface area contributed by atoms with Crippen LogP contribution in [0.25, 0.3) is 0 Å². The van der Waals surface area contributed by atoms with Gasteiger partial charge < -0.3 is 4.52 Å². The maximum atomic E-state index is 11.8. The van der Waals surface area contributed by atoms with Crippen molar-refractivity contribution in [1.29, 1.82) is 0 Å². The molecule has 14 heavy (non-hydrogen) atoms. The largest absolute Gasteiger partial charge is 0.343 e. The Morgan fingerprint density at radius 2 is 2.07 bits per heavy atom. The number of hydrogen-bond acceptors (Lipinski definition) is 3. The van der Waals surface area contributed by atoms with Gasteiger partial charge in [-0.2, -0.15) is 0 Å². The van der Waals surface area contributed by atoms with E-state index in [1.807, 2.05) is 0 Å². The number of terminal acetylenes is 2. The Morgan fingerprint density at radius 1 is 1.43 bits per heavy atom.